The zero-order chi connectivity index (χ0) is 25.6. The van der Waals surface area contributed by atoms with Gasteiger partial charge in [-0.15, -0.1) is 16.7 Å². The van der Waals surface area contributed by atoms with Crippen LogP contribution in [0.25, 0.3) is 0 Å². The summed E-state index contributed by atoms with van der Waals surface area (Å²) in [7, 11) is 0. The molecule has 1 aromatic heterocycles. The van der Waals surface area contributed by atoms with E-state index in [0.29, 0.717) is 17.2 Å². The van der Waals surface area contributed by atoms with Crippen LogP contribution in [-0.2, 0) is 18.6 Å². The fourth-order valence-electron chi connectivity index (χ4n) is 3.53. The molecule has 3 aromatic rings. The topological polar surface area (TPSA) is 110 Å². The van der Waals surface area contributed by atoms with Crippen LogP contribution in [-0.4, -0.2) is 61.6 Å². The second-order valence-corrected chi connectivity index (χ2v) is 10.0. The van der Waals surface area contributed by atoms with Crippen molar-refractivity contribution in [3.8, 4) is 11.5 Å². The van der Waals surface area contributed by atoms with Crippen molar-refractivity contribution in [2.24, 2.45) is 0 Å². The Bertz CT molecular complexity index is 1110. The number of halogens is 2. The Hall–Kier alpha value is -2.17. The van der Waals surface area contributed by atoms with Crippen LogP contribution in [0.1, 0.15) is 36.4 Å². The summed E-state index contributed by atoms with van der Waals surface area (Å²) in [5, 5.41) is 37.0. The van der Waals surface area contributed by atoms with E-state index in [1.54, 1.807) is 11.6 Å². The molecule has 0 unspecified atom stereocenters. The number of aliphatic hydroxyl groups is 3. The summed E-state index contributed by atoms with van der Waals surface area (Å²) < 4.78 is 13.8. The number of hydrogen-bond acceptors (Lipinski definition) is 7. The smallest absolute Gasteiger partial charge is 0.133 e. The van der Waals surface area contributed by atoms with Crippen LogP contribution in [0.3, 0.4) is 0 Å². The van der Waals surface area contributed by atoms with E-state index in [4.69, 9.17) is 21.1 Å². The van der Waals surface area contributed by atoms with E-state index in [1.807, 2.05) is 42.5 Å². The van der Waals surface area contributed by atoms with Gasteiger partial charge in [-0.2, -0.15) is 0 Å². The molecule has 190 valence electrons. The Kier molecular flexibility index (Phi) is 9.54. The van der Waals surface area contributed by atoms with Gasteiger partial charge in [0.25, 0.3) is 0 Å². The van der Waals surface area contributed by atoms with Crippen molar-refractivity contribution >= 4 is 27.5 Å². The van der Waals surface area contributed by atoms with E-state index < -0.39 is 12.2 Å². The second kappa shape index (κ2) is 12.2. The minimum atomic E-state index is -0.776. The number of benzene rings is 2. The van der Waals surface area contributed by atoms with E-state index in [2.05, 4.69) is 40.1 Å². The maximum Gasteiger partial charge on any atom is 0.133 e. The molecule has 0 aliphatic rings. The van der Waals surface area contributed by atoms with Crippen LogP contribution in [0, 0.1) is 6.92 Å². The van der Waals surface area contributed by atoms with Crippen molar-refractivity contribution in [2.45, 2.75) is 51.5 Å². The zero-order valence-electron chi connectivity index (χ0n) is 20.0. The monoisotopic (exact) mass is 567 g/mol. The first-order chi connectivity index (χ1) is 16.6. The van der Waals surface area contributed by atoms with Gasteiger partial charge in [-0.05, 0) is 58.2 Å². The first kappa shape index (κ1) is 27.4. The van der Waals surface area contributed by atoms with Crippen LogP contribution in [0.4, 0.5) is 0 Å². The fraction of sp³-hybridized carbons (Fsp3) is 0.440. The lowest BCUT2D eigenvalue weighted by atomic mass is 9.78. The molecule has 0 saturated heterocycles. The summed E-state index contributed by atoms with van der Waals surface area (Å²) in [6.45, 7) is 6.33. The molecule has 10 heteroatoms. The first-order valence-electron chi connectivity index (χ1n) is 11.2. The predicted octanol–water partition coefficient (Wildman–Crippen LogP) is 3.59. The molecule has 0 amide bonds. The quantitative estimate of drug-likeness (QED) is 0.287. The largest absolute Gasteiger partial charge is 0.491 e. The third kappa shape index (κ3) is 6.95. The van der Waals surface area contributed by atoms with Crippen LogP contribution in [0.2, 0.25) is 0 Å². The number of ether oxygens (including phenoxy) is 2. The average molecular weight is 569 g/mol. The molecule has 0 bridgehead atoms. The highest BCUT2D eigenvalue weighted by molar-refractivity contribution is 9.10. The molecule has 2 aromatic carbocycles. The first-order valence-corrected chi connectivity index (χ1v) is 12.6. The molecule has 0 fully saturated rings. The average Bonchev–Trinajstić information content (AvgIpc) is 3.20. The minimum Gasteiger partial charge on any atom is -0.491 e. The molecular weight excluding hydrogens is 538 g/mol. The van der Waals surface area contributed by atoms with Crippen LogP contribution in [0.5, 0.6) is 11.5 Å². The maximum absolute atomic E-state index is 10.3. The van der Waals surface area contributed by atoms with Crippen molar-refractivity contribution in [1.82, 2.24) is 15.0 Å². The molecule has 0 aliphatic carbocycles. The molecule has 3 N–H and O–H groups in total. The fourth-order valence-corrected chi connectivity index (χ4v) is 4.11. The number of hydrogen-bond donors (Lipinski definition) is 3. The third-order valence-corrected chi connectivity index (χ3v) is 6.87. The van der Waals surface area contributed by atoms with Gasteiger partial charge in [-0.1, -0.05) is 37.3 Å². The maximum atomic E-state index is 10.3. The van der Waals surface area contributed by atoms with E-state index in [9.17, 15) is 15.3 Å². The Morgan fingerprint density at radius 2 is 1.69 bits per heavy atom. The van der Waals surface area contributed by atoms with Gasteiger partial charge < -0.3 is 24.8 Å². The van der Waals surface area contributed by atoms with Gasteiger partial charge in [-0.25, -0.2) is 4.68 Å². The van der Waals surface area contributed by atoms with Crippen molar-refractivity contribution in [1.29, 1.82) is 0 Å². The molecule has 35 heavy (non-hydrogen) atoms. The van der Waals surface area contributed by atoms with Crippen molar-refractivity contribution in [3.63, 3.8) is 0 Å². The Balaban J connectivity index is 1.60. The summed E-state index contributed by atoms with van der Waals surface area (Å²) >= 11 is 9.18. The van der Waals surface area contributed by atoms with Crippen LogP contribution < -0.4 is 9.47 Å². The van der Waals surface area contributed by atoms with Crippen LogP contribution in [0.15, 0.2) is 46.9 Å². The van der Waals surface area contributed by atoms with Gasteiger partial charge in [0.1, 0.15) is 42.6 Å². The molecule has 0 saturated carbocycles. The summed E-state index contributed by atoms with van der Waals surface area (Å²) in [6, 6.07) is 13.7. The summed E-state index contributed by atoms with van der Waals surface area (Å²) in [5.74, 6) is 1.41. The number of rotatable bonds is 12. The van der Waals surface area contributed by atoms with Gasteiger partial charge in [-0.3, -0.25) is 0 Å². The number of alkyl halides is 1. The molecule has 1 heterocycles. The number of aromatic nitrogens is 3. The van der Waals surface area contributed by atoms with Gasteiger partial charge >= 0.3 is 0 Å². The SMILES string of the molecule is Cc1c(CO)nnn1C[C@@H](O)COc1ccc(C(C)(C)c2ccc(OC[C@@H](O)CCl)c(Br)c2)cc1. The van der Waals surface area contributed by atoms with Crippen molar-refractivity contribution in [3.05, 3.63) is 69.5 Å². The Labute approximate surface area is 218 Å². The Morgan fingerprint density at radius 3 is 2.29 bits per heavy atom. The van der Waals surface area contributed by atoms with Gasteiger partial charge in [0.15, 0.2) is 0 Å². The minimum absolute atomic E-state index is 0.101. The lowest BCUT2D eigenvalue weighted by Crippen LogP contribution is -2.25. The number of nitrogens with zero attached hydrogens (tertiary/aromatic N) is 3. The van der Waals surface area contributed by atoms with E-state index >= 15 is 0 Å². The van der Waals surface area contributed by atoms with Gasteiger partial charge in [0.2, 0.25) is 0 Å². The number of aliphatic hydroxyl groups excluding tert-OH is 3. The highest BCUT2D eigenvalue weighted by atomic mass is 79.9. The third-order valence-electron chi connectivity index (χ3n) is 5.89. The van der Waals surface area contributed by atoms with Gasteiger partial charge in [0, 0.05) is 5.41 Å². The summed E-state index contributed by atoms with van der Waals surface area (Å²) in [6.07, 6.45) is -1.49. The molecule has 0 radical (unpaired) electrons. The lowest BCUT2D eigenvalue weighted by Gasteiger charge is -2.27. The Morgan fingerprint density at radius 1 is 1.03 bits per heavy atom. The van der Waals surface area contributed by atoms with Crippen molar-refractivity contribution < 1.29 is 24.8 Å². The standard InChI is InChI=1S/C25H31BrClN3O5/c1-16-23(13-31)28-29-30(16)12-20(33)15-34-21-7-4-17(5-8-21)25(2,3)18-6-9-24(22(26)10-18)35-14-19(32)11-27/h4-10,19-20,31-33H,11-15H2,1-3H3/t19-,20+/m0/s1. The molecule has 0 spiro atoms. The van der Waals surface area contributed by atoms with E-state index in [0.717, 1.165) is 21.3 Å². The highest BCUT2D eigenvalue weighted by Crippen LogP contribution is 2.36. The van der Waals surface area contributed by atoms with Crippen molar-refractivity contribution in [2.75, 3.05) is 19.1 Å². The van der Waals surface area contributed by atoms with Gasteiger partial charge in [0.05, 0.1) is 29.2 Å². The molecule has 3 rings (SSSR count). The van der Waals surface area contributed by atoms with E-state index in [-0.39, 0.29) is 37.7 Å². The predicted molar refractivity (Wildman–Crippen MR) is 137 cm³/mol. The lowest BCUT2D eigenvalue weighted by molar-refractivity contribution is 0.0882. The van der Waals surface area contributed by atoms with E-state index in [1.165, 1.54) is 0 Å². The highest BCUT2D eigenvalue weighted by Gasteiger charge is 2.24. The molecule has 8 nitrogen and oxygen atoms in total. The molecule has 0 aliphatic heterocycles. The molecular formula is C25H31BrClN3O5. The zero-order valence-corrected chi connectivity index (χ0v) is 22.3. The molecule has 2 atom stereocenters. The van der Waals surface area contributed by atoms with Crippen LogP contribution >= 0.6 is 27.5 Å². The normalized spacial score (nSPS) is 13.5. The summed E-state index contributed by atoms with van der Waals surface area (Å²) in [5.41, 5.74) is 3.11. The summed E-state index contributed by atoms with van der Waals surface area (Å²) in [4.78, 5) is 0. The second-order valence-electron chi connectivity index (χ2n) is 8.84.